The van der Waals surface area contributed by atoms with Gasteiger partial charge in [-0.05, 0) is 12.1 Å². The van der Waals surface area contributed by atoms with E-state index >= 15 is 0 Å². The SMILES string of the molecule is N#Cc1cccc(NCC(F)(F)F)c1[N+](=O)[O-]. The van der Waals surface area contributed by atoms with Crippen LogP contribution in [0.3, 0.4) is 0 Å². The van der Waals surface area contributed by atoms with E-state index in [0.717, 1.165) is 12.1 Å². The van der Waals surface area contributed by atoms with Crippen molar-refractivity contribution in [1.29, 1.82) is 5.26 Å². The fraction of sp³-hybridized carbons (Fsp3) is 0.222. The van der Waals surface area contributed by atoms with E-state index in [0.29, 0.717) is 0 Å². The lowest BCUT2D eigenvalue weighted by molar-refractivity contribution is -0.384. The molecule has 0 saturated carbocycles. The van der Waals surface area contributed by atoms with Gasteiger partial charge in [0.15, 0.2) is 0 Å². The Morgan fingerprint density at radius 2 is 2.12 bits per heavy atom. The lowest BCUT2D eigenvalue weighted by atomic mass is 10.1. The number of nitrogens with zero attached hydrogens (tertiary/aromatic N) is 2. The fourth-order valence-corrected chi connectivity index (χ4v) is 1.17. The highest BCUT2D eigenvalue weighted by Gasteiger charge is 2.28. The molecule has 17 heavy (non-hydrogen) atoms. The number of anilines is 1. The van der Waals surface area contributed by atoms with E-state index in [1.165, 1.54) is 6.07 Å². The minimum atomic E-state index is -4.49. The molecule has 0 fully saturated rings. The molecule has 0 heterocycles. The number of nitrogens with one attached hydrogen (secondary N) is 1. The predicted octanol–water partition coefficient (Wildman–Crippen LogP) is 2.44. The molecule has 90 valence electrons. The third kappa shape index (κ3) is 3.34. The second kappa shape index (κ2) is 4.69. The molecule has 0 aliphatic heterocycles. The van der Waals surface area contributed by atoms with Crippen molar-refractivity contribution < 1.29 is 18.1 Å². The van der Waals surface area contributed by atoms with Gasteiger partial charge in [0.2, 0.25) is 0 Å². The maximum Gasteiger partial charge on any atom is 0.405 e. The van der Waals surface area contributed by atoms with Gasteiger partial charge in [0.05, 0.1) is 4.92 Å². The highest BCUT2D eigenvalue weighted by atomic mass is 19.4. The molecule has 0 radical (unpaired) electrons. The van der Waals surface area contributed by atoms with Crippen molar-refractivity contribution in [2.24, 2.45) is 0 Å². The topological polar surface area (TPSA) is 79.0 Å². The van der Waals surface area contributed by atoms with Crippen LogP contribution < -0.4 is 5.32 Å². The summed E-state index contributed by atoms with van der Waals surface area (Å²) in [5, 5.41) is 21.2. The smallest absolute Gasteiger partial charge is 0.371 e. The summed E-state index contributed by atoms with van der Waals surface area (Å²) in [7, 11) is 0. The van der Waals surface area contributed by atoms with Gasteiger partial charge < -0.3 is 5.32 Å². The van der Waals surface area contributed by atoms with Crippen molar-refractivity contribution in [2.45, 2.75) is 6.18 Å². The molecule has 0 amide bonds. The zero-order valence-corrected chi connectivity index (χ0v) is 8.28. The average molecular weight is 245 g/mol. The van der Waals surface area contributed by atoms with Gasteiger partial charge in [-0.1, -0.05) is 6.07 Å². The molecule has 1 aromatic carbocycles. The minimum Gasteiger partial charge on any atom is -0.371 e. The molecule has 1 aromatic rings. The maximum absolute atomic E-state index is 12.0. The number of alkyl halides is 3. The molecule has 0 bridgehead atoms. The van der Waals surface area contributed by atoms with E-state index in [1.54, 1.807) is 6.07 Å². The first-order valence-electron chi connectivity index (χ1n) is 4.33. The van der Waals surface area contributed by atoms with E-state index < -0.39 is 23.3 Å². The molecule has 5 nitrogen and oxygen atoms in total. The van der Waals surface area contributed by atoms with Crippen LogP contribution in [0.4, 0.5) is 24.5 Å². The Labute approximate surface area is 93.6 Å². The molecule has 1 N–H and O–H groups in total. The van der Waals surface area contributed by atoms with Crippen LogP contribution in [-0.2, 0) is 0 Å². The van der Waals surface area contributed by atoms with E-state index in [4.69, 9.17) is 5.26 Å². The fourth-order valence-electron chi connectivity index (χ4n) is 1.17. The molecule has 0 atom stereocenters. The largest absolute Gasteiger partial charge is 0.405 e. The van der Waals surface area contributed by atoms with Gasteiger partial charge in [-0.15, -0.1) is 0 Å². The monoisotopic (exact) mass is 245 g/mol. The Kier molecular flexibility index (Phi) is 3.52. The summed E-state index contributed by atoms with van der Waals surface area (Å²) in [6.07, 6.45) is -4.49. The Morgan fingerprint density at radius 1 is 1.47 bits per heavy atom. The van der Waals surface area contributed by atoms with Crippen LogP contribution in [0.15, 0.2) is 18.2 Å². The van der Waals surface area contributed by atoms with Crippen LogP contribution in [0, 0.1) is 21.4 Å². The molecule has 8 heteroatoms. The van der Waals surface area contributed by atoms with Gasteiger partial charge in [-0.3, -0.25) is 10.1 Å². The lowest BCUT2D eigenvalue weighted by Crippen LogP contribution is -2.21. The Hall–Kier alpha value is -2.30. The van der Waals surface area contributed by atoms with Crippen LogP contribution >= 0.6 is 0 Å². The first-order valence-corrected chi connectivity index (χ1v) is 4.33. The quantitative estimate of drug-likeness (QED) is 0.655. The standard InChI is InChI=1S/C9H6F3N3O2/c10-9(11,12)5-14-7-3-1-2-6(4-13)8(7)15(16)17/h1-3,14H,5H2. The molecule has 0 saturated heterocycles. The van der Waals surface area contributed by atoms with Crippen LogP contribution in [0.1, 0.15) is 5.56 Å². The number of nitriles is 1. The minimum absolute atomic E-state index is 0.290. The van der Waals surface area contributed by atoms with Crippen molar-refractivity contribution in [3.05, 3.63) is 33.9 Å². The molecular formula is C9H6F3N3O2. The normalized spacial score (nSPS) is 10.7. The first-order chi connectivity index (χ1) is 7.85. The summed E-state index contributed by atoms with van der Waals surface area (Å²) in [5.74, 6) is 0. The average Bonchev–Trinajstić information content (AvgIpc) is 2.24. The number of hydrogen-bond acceptors (Lipinski definition) is 4. The van der Waals surface area contributed by atoms with Gasteiger partial charge in [0.1, 0.15) is 23.9 Å². The summed E-state index contributed by atoms with van der Waals surface area (Å²) in [4.78, 5) is 9.77. The van der Waals surface area contributed by atoms with Gasteiger partial charge in [-0.2, -0.15) is 18.4 Å². The Morgan fingerprint density at radius 3 is 2.59 bits per heavy atom. The second-order valence-electron chi connectivity index (χ2n) is 3.04. The van der Waals surface area contributed by atoms with E-state index in [-0.39, 0.29) is 11.3 Å². The molecular weight excluding hydrogens is 239 g/mol. The summed E-state index contributed by atoms with van der Waals surface area (Å²) >= 11 is 0. The number of nitro groups is 1. The second-order valence-corrected chi connectivity index (χ2v) is 3.04. The molecule has 0 spiro atoms. The van der Waals surface area contributed by atoms with Gasteiger partial charge in [0.25, 0.3) is 0 Å². The molecule has 1 rings (SSSR count). The number of halogens is 3. The summed E-state index contributed by atoms with van der Waals surface area (Å²) in [6, 6.07) is 5.10. The summed E-state index contributed by atoms with van der Waals surface area (Å²) in [6.45, 7) is -1.40. The van der Waals surface area contributed by atoms with Crippen molar-refractivity contribution in [3.63, 3.8) is 0 Å². The number of rotatable bonds is 3. The Bertz CT molecular complexity index is 479. The summed E-state index contributed by atoms with van der Waals surface area (Å²) < 4.78 is 35.9. The molecule has 0 aliphatic carbocycles. The van der Waals surface area contributed by atoms with E-state index in [1.807, 2.05) is 5.32 Å². The number of benzene rings is 1. The van der Waals surface area contributed by atoms with E-state index in [9.17, 15) is 23.3 Å². The van der Waals surface area contributed by atoms with Gasteiger partial charge >= 0.3 is 11.9 Å². The zero-order valence-electron chi connectivity index (χ0n) is 8.28. The Balaban J connectivity index is 3.08. The van der Waals surface area contributed by atoms with E-state index in [2.05, 4.69) is 0 Å². The van der Waals surface area contributed by atoms with Gasteiger partial charge in [-0.25, -0.2) is 0 Å². The van der Waals surface area contributed by atoms with Crippen LogP contribution in [0.5, 0.6) is 0 Å². The predicted molar refractivity (Wildman–Crippen MR) is 52.4 cm³/mol. The third-order valence-electron chi connectivity index (χ3n) is 1.82. The van der Waals surface area contributed by atoms with Crippen LogP contribution in [-0.4, -0.2) is 17.6 Å². The lowest BCUT2D eigenvalue weighted by Gasteiger charge is -2.09. The maximum atomic E-state index is 12.0. The van der Waals surface area contributed by atoms with Crippen molar-refractivity contribution in [1.82, 2.24) is 0 Å². The van der Waals surface area contributed by atoms with Crippen molar-refractivity contribution in [3.8, 4) is 6.07 Å². The molecule has 0 aromatic heterocycles. The van der Waals surface area contributed by atoms with Crippen LogP contribution in [0.2, 0.25) is 0 Å². The van der Waals surface area contributed by atoms with Crippen LogP contribution in [0.25, 0.3) is 0 Å². The highest BCUT2D eigenvalue weighted by molar-refractivity contribution is 5.68. The summed E-state index contributed by atoms with van der Waals surface area (Å²) in [5.41, 5.74) is -1.27. The van der Waals surface area contributed by atoms with Crippen molar-refractivity contribution >= 4 is 11.4 Å². The molecule has 0 unspecified atom stereocenters. The number of para-hydroxylation sites is 1. The number of hydrogen-bond donors (Lipinski definition) is 1. The highest BCUT2D eigenvalue weighted by Crippen LogP contribution is 2.29. The number of nitro benzene ring substituents is 1. The first kappa shape index (κ1) is 12.8. The molecule has 0 aliphatic rings. The zero-order chi connectivity index (χ0) is 13.1. The van der Waals surface area contributed by atoms with Crippen molar-refractivity contribution in [2.75, 3.05) is 11.9 Å². The van der Waals surface area contributed by atoms with Gasteiger partial charge in [0, 0.05) is 0 Å². The third-order valence-corrected chi connectivity index (χ3v) is 1.82.